The average molecular weight is 457 g/mol. The number of hydrogen-bond donors (Lipinski definition) is 2. The minimum Gasteiger partial charge on any atom is -0.395 e. The van der Waals surface area contributed by atoms with Gasteiger partial charge >= 0.3 is 0 Å². The fourth-order valence-electron chi connectivity index (χ4n) is 5.69. The standard InChI is InChI=1S/C27H32N6O/c1-18-6-9-20(10-7-18)33-24-5-3-2-4-21(24)22-16-28-27(31-26(22)33)30-25-11-8-19-17-32(14-15-34)13-12-23(19)29-25/h2-5,8,11,16,18,20,34H,6-7,9-10,12-15,17H2,1H3,(H,28,29,30,31)/t18-,20-. The van der Waals surface area contributed by atoms with Gasteiger partial charge in [0.1, 0.15) is 11.5 Å². The van der Waals surface area contributed by atoms with Crippen molar-refractivity contribution < 1.29 is 5.11 Å². The van der Waals surface area contributed by atoms with E-state index in [1.807, 2.05) is 12.3 Å². The summed E-state index contributed by atoms with van der Waals surface area (Å²) in [6.45, 7) is 5.03. The van der Waals surface area contributed by atoms with Crippen LogP contribution in [-0.4, -0.2) is 49.2 Å². The number of hydrogen-bond acceptors (Lipinski definition) is 6. The van der Waals surface area contributed by atoms with E-state index in [4.69, 9.17) is 9.97 Å². The van der Waals surface area contributed by atoms with Crippen LogP contribution in [0.15, 0.2) is 42.6 Å². The lowest BCUT2D eigenvalue weighted by Gasteiger charge is -2.28. The van der Waals surface area contributed by atoms with Crippen molar-refractivity contribution >= 4 is 33.7 Å². The Morgan fingerprint density at radius 1 is 1.03 bits per heavy atom. The number of nitrogens with zero attached hydrogens (tertiary/aromatic N) is 5. The maximum Gasteiger partial charge on any atom is 0.230 e. The van der Waals surface area contributed by atoms with Gasteiger partial charge in [-0.3, -0.25) is 4.90 Å². The van der Waals surface area contributed by atoms with Crippen molar-refractivity contribution in [3.05, 3.63) is 53.9 Å². The number of benzene rings is 1. The van der Waals surface area contributed by atoms with Crippen molar-refractivity contribution in [2.45, 2.75) is 51.6 Å². The van der Waals surface area contributed by atoms with E-state index in [9.17, 15) is 5.11 Å². The first-order chi connectivity index (χ1) is 16.7. The Hall–Kier alpha value is -3.03. The molecule has 0 bridgehead atoms. The molecule has 6 rings (SSSR count). The van der Waals surface area contributed by atoms with Crippen LogP contribution in [0.3, 0.4) is 0 Å². The molecule has 0 atom stereocenters. The molecule has 1 aromatic carbocycles. The van der Waals surface area contributed by atoms with Crippen LogP contribution in [0, 0.1) is 5.92 Å². The monoisotopic (exact) mass is 456 g/mol. The van der Waals surface area contributed by atoms with Gasteiger partial charge in [-0.05, 0) is 49.3 Å². The van der Waals surface area contributed by atoms with Gasteiger partial charge < -0.3 is 15.0 Å². The third kappa shape index (κ3) is 3.93. The number of aliphatic hydroxyl groups is 1. The van der Waals surface area contributed by atoms with Gasteiger partial charge in [-0.25, -0.2) is 9.97 Å². The van der Waals surface area contributed by atoms with Crippen molar-refractivity contribution in [2.75, 3.05) is 25.0 Å². The zero-order valence-corrected chi connectivity index (χ0v) is 19.7. The van der Waals surface area contributed by atoms with Crippen molar-refractivity contribution in [3.8, 4) is 0 Å². The molecular weight excluding hydrogens is 424 g/mol. The summed E-state index contributed by atoms with van der Waals surface area (Å²) in [5.74, 6) is 2.18. The molecule has 176 valence electrons. The highest BCUT2D eigenvalue weighted by Gasteiger charge is 2.24. The maximum atomic E-state index is 9.23. The molecule has 7 nitrogen and oxygen atoms in total. The Balaban J connectivity index is 1.33. The Morgan fingerprint density at radius 2 is 1.88 bits per heavy atom. The maximum absolute atomic E-state index is 9.23. The SMILES string of the molecule is C[C@H]1CC[C@H](n2c3ccccc3c3cnc(Nc4ccc5c(n4)CCN(CCO)C5)nc32)CC1. The molecule has 1 saturated carbocycles. The largest absolute Gasteiger partial charge is 0.395 e. The van der Waals surface area contributed by atoms with Crippen LogP contribution in [0.1, 0.15) is 49.9 Å². The van der Waals surface area contributed by atoms with Gasteiger partial charge in [-0.1, -0.05) is 31.2 Å². The normalized spacial score (nSPS) is 21.1. The zero-order chi connectivity index (χ0) is 23.1. The molecule has 1 aliphatic carbocycles. The Labute approximate surface area is 199 Å². The summed E-state index contributed by atoms with van der Waals surface area (Å²) in [6, 6.07) is 13.2. The van der Waals surface area contributed by atoms with E-state index in [-0.39, 0.29) is 6.61 Å². The van der Waals surface area contributed by atoms with E-state index >= 15 is 0 Å². The van der Waals surface area contributed by atoms with Gasteiger partial charge in [0.05, 0.1) is 12.1 Å². The molecule has 1 fully saturated rings. The van der Waals surface area contributed by atoms with Crippen LogP contribution in [0.5, 0.6) is 0 Å². The summed E-state index contributed by atoms with van der Waals surface area (Å²) in [4.78, 5) is 16.8. The van der Waals surface area contributed by atoms with Crippen molar-refractivity contribution in [3.63, 3.8) is 0 Å². The quantitative estimate of drug-likeness (QED) is 0.448. The molecule has 2 aliphatic rings. The van der Waals surface area contributed by atoms with Gasteiger partial charge in [-0.2, -0.15) is 4.98 Å². The Kier molecular flexibility index (Phi) is 5.67. The van der Waals surface area contributed by atoms with Crippen LogP contribution in [-0.2, 0) is 13.0 Å². The van der Waals surface area contributed by atoms with Crippen LogP contribution in [0.4, 0.5) is 11.8 Å². The van der Waals surface area contributed by atoms with Gasteiger partial charge in [0.15, 0.2) is 0 Å². The molecule has 0 amide bonds. The first-order valence-electron chi connectivity index (χ1n) is 12.5. The molecule has 0 radical (unpaired) electrons. The topological polar surface area (TPSA) is 79.1 Å². The summed E-state index contributed by atoms with van der Waals surface area (Å²) < 4.78 is 2.46. The zero-order valence-electron chi connectivity index (χ0n) is 19.7. The number of para-hydroxylation sites is 1. The highest BCUT2D eigenvalue weighted by Crippen LogP contribution is 2.38. The number of β-amino-alcohol motifs (C(OH)–C–C–N with tert-alkyl or cyclic N) is 1. The number of nitrogens with one attached hydrogen (secondary N) is 1. The van der Waals surface area contributed by atoms with Crippen molar-refractivity contribution in [2.24, 2.45) is 5.92 Å². The molecular formula is C27H32N6O. The molecule has 0 spiro atoms. The second-order valence-corrected chi connectivity index (χ2v) is 9.91. The molecule has 4 aromatic rings. The average Bonchev–Trinajstić information content (AvgIpc) is 3.18. The van der Waals surface area contributed by atoms with Gasteiger partial charge in [0.25, 0.3) is 0 Å². The molecule has 4 heterocycles. The Morgan fingerprint density at radius 3 is 2.74 bits per heavy atom. The molecule has 3 aromatic heterocycles. The highest BCUT2D eigenvalue weighted by molar-refractivity contribution is 6.06. The van der Waals surface area contributed by atoms with Crippen LogP contribution in [0.25, 0.3) is 21.9 Å². The third-order valence-electron chi connectivity index (χ3n) is 7.58. The van der Waals surface area contributed by atoms with Crippen LogP contribution >= 0.6 is 0 Å². The molecule has 1 aliphatic heterocycles. The number of fused-ring (bicyclic) bond motifs is 4. The molecule has 0 unspecified atom stereocenters. The van der Waals surface area contributed by atoms with E-state index in [0.717, 1.165) is 48.0 Å². The minimum absolute atomic E-state index is 0.193. The van der Waals surface area contributed by atoms with Gasteiger partial charge in [0, 0.05) is 54.8 Å². The first kappa shape index (κ1) is 21.5. The lowest BCUT2D eigenvalue weighted by atomic mass is 9.87. The van der Waals surface area contributed by atoms with Crippen LogP contribution in [0.2, 0.25) is 0 Å². The van der Waals surface area contributed by atoms with Crippen LogP contribution < -0.4 is 5.32 Å². The lowest BCUT2D eigenvalue weighted by molar-refractivity contribution is 0.183. The van der Waals surface area contributed by atoms with E-state index in [0.29, 0.717) is 18.5 Å². The number of aliphatic hydroxyl groups excluding tert-OH is 1. The minimum atomic E-state index is 0.193. The van der Waals surface area contributed by atoms with Gasteiger partial charge in [-0.15, -0.1) is 0 Å². The molecule has 7 heteroatoms. The number of anilines is 2. The summed E-state index contributed by atoms with van der Waals surface area (Å²) in [6.07, 6.45) is 7.77. The fraction of sp³-hybridized carbons (Fsp3) is 0.444. The van der Waals surface area contributed by atoms with Crippen molar-refractivity contribution in [1.29, 1.82) is 0 Å². The molecule has 2 N–H and O–H groups in total. The molecule has 0 saturated heterocycles. The summed E-state index contributed by atoms with van der Waals surface area (Å²) in [7, 11) is 0. The Bertz CT molecular complexity index is 1320. The number of pyridine rings is 1. The van der Waals surface area contributed by atoms with E-state index in [1.165, 1.54) is 42.1 Å². The predicted octanol–water partition coefficient (Wildman–Crippen LogP) is 4.82. The number of aromatic nitrogens is 4. The predicted molar refractivity (Wildman–Crippen MR) is 135 cm³/mol. The smallest absolute Gasteiger partial charge is 0.230 e. The third-order valence-corrected chi connectivity index (χ3v) is 7.58. The summed E-state index contributed by atoms with van der Waals surface area (Å²) >= 11 is 0. The first-order valence-corrected chi connectivity index (χ1v) is 12.5. The second kappa shape index (κ2) is 8.96. The fourth-order valence-corrected chi connectivity index (χ4v) is 5.69. The summed E-state index contributed by atoms with van der Waals surface area (Å²) in [5.41, 5.74) is 4.61. The number of rotatable bonds is 5. The summed E-state index contributed by atoms with van der Waals surface area (Å²) in [5, 5.41) is 14.9. The van der Waals surface area contributed by atoms with E-state index in [2.05, 4.69) is 57.0 Å². The van der Waals surface area contributed by atoms with Gasteiger partial charge in [0.2, 0.25) is 5.95 Å². The van der Waals surface area contributed by atoms with Crippen molar-refractivity contribution in [1.82, 2.24) is 24.4 Å². The van der Waals surface area contributed by atoms with E-state index in [1.54, 1.807) is 0 Å². The highest BCUT2D eigenvalue weighted by atomic mass is 16.3. The van der Waals surface area contributed by atoms with E-state index < -0.39 is 0 Å². The molecule has 34 heavy (non-hydrogen) atoms. The lowest BCUT2D eigenvalue weighted by Crippen LogP contribution is -2.33. The second-order valence-electron chi connectivity index (χ2n) is 9.91.